The van der Waals surface area contributed by atoms with E-state index in [1.807, 2.05) is 0 Å². The molecule has 0 amide bonds. The first kappa shape index (κ1) is 16.4. The first-order valence-corrected chi connectivity index (χ1v) is 7.88. The van der Waals surface area contributed by atoms with E-state index in [0.717, 1.165) is 6.07 Å². The smallest absolute Gasteiger partial charge is 0.240 e. The SMILES string of the molecule is Cc1ccc(F)cc1S(=O)(=O)NCCCOCCCl. The molecule has 0 aromatic heterocycles. The van der Waals surface area contributed by atoms with Crippen LogP contribution in [0, 0.1) is 12.7 Å². The number of rotatable bonds is 8. The average Bonchev–Trinajstić information content (AvgIpc) is 2.36. The highest BCUT2D eigenvalue weighted by Crippen LogP contribution is 2.15. The largest absolute Gasteiger partial charge is 0.380 e. The molecule has 0 aliphatic heterocycles. The average molecular weight is 310 g/mol. The zero-order valence-electron chi connectivity index (χ0n) is 10.7. The van der Waals surface area contributed by atoms with E-state index in [2.05, 4.69) is 4.72 Å². The lowest BCUT2D eigenvalue weighted by Gasteiger charge is -2.09. The Morgan fingerprint density at radius 1 is 1.37 bits per heavy atom. The predicted molar refractivity (Wildman–Crippen MR) is 72.5 cm³/mol. The van der Waals surface area contributed by atoms with Crippen molar-refractivity contribution in [3.63, 3.8) is 0 Å². The van der Waals surface area contributed by atoms with E-state index in [0.29, 0.717) is 31.1 Å². The van der Waals surface area contributed by atoms with Gasteiger partial charge in [-0.2, -0.15) is 0 Å². The molecule has 0 unspecified atom stereocenters. The van der Waals surface area contributed by atoms with Gasteiger partial charge in [-0.1, -0.05) is 6.07 Å². The maximum atomic E-state index is 13.1. The lowest BCUT2D eigenvalue weighted by atomic mass is 10.2. The molecule has 1 rings (SSSR count). The molecule has 108 valence electrons. The molecule has 0 heterocycles. The Balaban J connectivity index is 2.54. The van der Waals surface area contributed by atoms with E-state index in [-0.39, 0.29) is 11.4 Å². The van der Waals surface area contributed by atoms with Gasteiger partial charge in [0.25, 0.3) is 0 Å². The summed E-state index contributed by atoms with van der Waals surface area (Å²) in [7, 11) is -3.68. The normalized spacial score (nSPS) is 11.7. The Hall–Kier alpha value is -0.690. The molecule has 1 aromatic carbocycles. The fourth-order valence-electron chi connectivity index (χ4n) is 1.48. The van der Waals surface area contributed by atoms with Gasteiger partial charge in [0.1, 0.15) is 5.82 Å². The number of halogens is 2. The monoisotopic (exact) mass is 309 g/mol. The summed E-state index contributed by atoms with van der Waals surface area (Å²) in [5.41, 5.74) is 0.507. The van der Waals surface area contributed by atoms with Gasteiger partial charge < -0.3 is 4.74 Å². The van der Waals surface area contributed by atoms with Gasteiger partial charge in [-0.15, -0.1) is 11.6 Å². The van der Waals surface area contributed by atoms with Gasteiger partial charge in [-0.25, -0.2) is 17.5 Å². The molecular formula is C12H17ClFNO3S. The fourth-order valence-corrected chi connectivity index (χ4v) is 2.92. The van der Waals surface area contributed by atoms with Crippen LogP contribution in [0.25, 0.3) is 0 Å². The van der Waals surface area contributed by atoms with Crippen molar-refractivity contribution in [2.45, 2.75) is 18.2 Å². The molecule has 0 aliphatic carbocycles. The van der Waals surface area contributed by atoms with E-state index in [1.54, 1.807) is 6.92 Å². The molecule has 0 bridgehead atoms. The number of sulfonamides is 1. The zero-order chi connectivity index (χ0) is 14.3. The second kappa shape index (κ2) is 7.79. The third-order valence-electron chi connectivity index (χ3n) is 2.42. The van der Waals surface area contributed by atoms with Crippen LogP contribution >= 0.6 is 11.6 Å². The highest BCUT2D eigenvalue weighted by Gasteiger charge is 2.16. The van der Waals surface area contributed by atoms with E-state index in [1.165, 1.54) is 12.1 Å². The van der Waals surface area contributed by atoms with Crippen LogP contribution < -0.4 is 4.72 Å². The molecule has 19 heavy (non-hydrogen) atoms. The van der Waals surface area contributed by atoms with Gasteiger partial charge in [0.05, 0.1) is 11.5 Å². The van der Waals surface area contributed by atoms with Gasteiger partial charge in [0.15, 0.2) is 0 Å². The van der Waals surface area contributed by atoms with Gasteiger partial charge in [-0.3, -0.25) is 0 Å². The van der Waals surface area contributed by atoms with Crippen molar-refractivity contribution < 1.29 is 17.5 Å². The summed E-state index contributed by atoms with van der Waals surface area (Å²) in [6.07, 6.45) is 0.532. The Bertz CT molecular complexity index is 508. The number of alkyl halides is 1. The highest BCUT2D eigenvalue weighted by atomic mass is 35.5. The second-order valence-corrected chi connectivity index (χ2v) is 6.08. The minimum atomic E-state index is -3.68. The van der Waals surface area contributed by atoms with Crippen molar-refractivity contribution in [3.05, 3.63) is 29.6 Å². The van der Waals surface area contributed by atoms with E-state index >= 15 is 0 Å². The Kier molecular flexibility index (Phi) is 6.71. The molecule has 0 spiro atoms. The number of hydrogen-bond donors (Lipinski definition) is 1. The first-order chi connectivity index (χ1) is 8.97. The molecular weight excluding hydrogens is 293 g/mol. The standard InChI is InChI=1S/C12H17ClFNO3S/c1-10-3-4-11(14)9-12(10)19(16,17)15-6-2-7-18-8-5-13/h3-4,9,15H,2,5-8H2,1H3. The maximum absolute atomic E-state index is 13.1. The first-order valence-electron chi connectivity index (χ1n) is 5.87. The molecule has 1 aromatic rings. The van der Waals surface area contributed by atoms with Crippen LogP contribution in [-0.2, 0) is 14.8 Å². The molecule has 7 heteroatoms. The van der Waals surface area contributed by atoms with E-state index < -0.39 is 15.8 Å². The molecule has 0 aliphatic rings. The molecule has 0 atom stereocenters. The van der Waals surface area contributed by atoms with Crippen molar-refractivity contribution in [1.29, 1.82) is 0 Å². The lowest BCUT2D eigenvalue weighted by molar-refractivity contribution is 0.147. The van der Waals surface area contributed by atoms with Crippen LogP contribution in [0.1, 0.15) is 12.0 Å². The van der Waals surface area contributed by atoms with Gasteiger partial charge in [-0.05, 0) is 31.0 Å². The van der Waals surface area contributed by atoms with E-state index in [9.17, 15) is 12.8 Å². The summed E-state index contributed by atoms with van der Waals surface area (Å²) >= 11 is 5.43. The molecule has 4 nitrogen and oxygen atoms in total. The van der Waals surface area contributed by atoms with Crippen LogP contribution in [0.15, 0.2) is 23.1 Å². The second-order valence-electron chi connectivity index (χ2n) is 3.96. The fraction of sp³-hybridized carbons (Fsp3) is 0.500. The lowest BCUT2D eigenvalue weighted by Crippen LogP contribution is -2.26. The Labute approximate surface area is 118 Å². The molecule has 0 radical (unpaired) electrons. The quantitative estimate of drug-likeness (QED) is 0.591. The Morgan fingerprint density at radius 3 is 2.79 bits per heavy atom. The maximum Gasteiger partial charge on any atom is 0.240 e. The van der Waals surface area contributed by atoms with E-state index in [4.69, 9.17) is 16.3 Å². The highest BCUT2D eigenvalue weighted by molar-refractivity contribution is 7.89. The summed E-state index contributed by atoms with van der Waals surface area (Å²) in [6, 6.07) is 3.68. The summed E-state index contributed by atoms with van der Waals surface area (Å²) in [6.45, 7) is 2.73. The summed E-state index contributed by atoms with van der Waals surface area (Å²) in [4.78, 5) is -0.0332. The molecule has 0 saturated carbocycles. The van der Waals surface area contributed by atoms with Gasteiger partial charge in [0.2, 0.25) is 10.0 Å². The Morgan fingerprint density at radius 2 is 2.11 bits per heavy atom. The molecule has 0 saturated heterocycles. The number of aryl methyl sites for hydroxylation is 1. The van der Waals surface area contributed by atoms with Crippen LogP contribution in [0.4, 0.5) is 4.39 Å². The summed E-state index contributed by atoms with van der Waals surface area (Å²) in [5, 5.41) is 0. The zero-order valence-corrected chi connectivity index (χ0v) is 12.2. The van der Waals surface area contributed by atoms with Crippen LogP contribution in [0.2, 0.25) is 0 Å². The molecule has 1 N–H and O–H groups in total. The topological polar surface area (TPSA) is 55.4 Å². The summed E-state index contributed by atoms with van der Waals surface area (Å²) in [5.74, 6) is -0.162. The number of ether oxygens (including phenoxy) is 1. The van der Waals surface area contributed by atoms with Crippen molar-refractivity contribution in [3.8, 4) is 0 Å². The third kappa shape index (κ3) is 5.44. The van der Waals surface area contributed by atoms with Crippen molar-refractivity contribution in [1.82, 2.24) is 4.72 Å². The predicted octanol–water partition coefficient (Wildman–Crippen LogP) is 2.06. The summed E-state index contributed by atoms with van der Waals surface area (Å²) < 4.78 is 44.5. The van der Waals surface area contributed by atoms with Crippen molar-refractivity contribution in [2.75, 3.05) is 25.6 Å². The van der Waals surface area contributed by atoms with Gasteiger partial charge >= 0.3 is 0 Å². The number of nitrogens with one attached hydrogen (secondary N) is 1. The molecule has 0 fully saturated rings. The van der Waals surface area contributed by atoms with Crippen LogP contribution in [-0.4, -0.2) is 34.1 Å². The minimum Gasteiger partial charge on any atom is -0.380 e. The van der Waals surface area contributed by atoms with Crippen molar-refractivity contribution >= 4 is 21.6 Å². The number of benzene rings is 1. The minimum absolute atomic E-state index is 0.0332. The third-order valence-corrected chi connectivity index (χ3v) is 4.18. The van der Waals surface area contributed by atoms with Crippen LogP contribution in [0.3, 0.4) is 0 Å². The number of hydrogen-bond acceptors (Lipinski definition) is 3. The van der Waals surface area contributed by atoms with Crippen molar-refractivity contribution in [2.24, 2.45) is 0 Å². The van der Waals surface area contributed by atoms with Crippen LogP contribution in [0.5, 0.6) is 0 Å². The van der Waals surface area contributed by atoms with Gasteiger partial charge in [0, 0.05) is 19.0 Å².